The summed E-state index contributed by atoms with van der Waals surface area (Å²) in [6.07, 6.45) is 1.42. The van der Waals surface area contributed by atoms with E-state index < -0.39 is 0 Å². The number of ketones is 1. The van der Waals surface area contributed by atoms with E-state index in [1.54, 1.807) is 7.11 Å². The fourth-order valence-corrected chi connectivity index (χ4v) is 1.69. The molecule has 0 aromatic heterocycles. The first-order chi connectivity index (χ1) is 7.21. The van der Waals surface area contributed by atoms with Gasteiger partial charge in [0.2, 0.25) is 0 Å². The zero-order valence-electron chi connectivity index (χ0n) is 9.05. The molecule has 0 unspecified atom stereocenters. The van der Waals surface area contributed by atoms with E-state index in [-0.39, 0.29) is 5.78 Å². The predicted molar refractivity (Wildman–Crippen MR) is 64.9 cm³/mol. The van der Waals surface area contributed by atoms with Crippen LogP contribution in [0.2, 0.25) is 0 Å². The van der Waals surface area contributed by atoms with E-state index in [1.807, 2.05) is 18.2 Å². The molecule has 15 heavy (non-hydrogen) atoms. The molecule has 82 valence electrons. The molecule has 2 nitrogen and oxygen atoms in total. The van der Waals surface area contributed by atoms with Crippen LogP contribution in [0.4, 0.5) is 0 Å². The highest BCUT2D eigenvalue weighted by atomic mass is 79.9. The van der Waals surface area contributed by atoms with Crippen molar-refractivity contribution in [2.45, 2.75) is 19.8 Å². The van der Waals surface area contributed by atoms with Crippen molar-refractivity contribution >= 4 is 21.7 Å². The molecule has 0 radical (unpaired) electrons. The topological polar surface area (TPSA) is 26.3 Å². The number of benzene rings is 1. The number of hydrogen-bond acceptors (Lipinski definition) is 2. The molecule has 1 aromatic carbocycles. The number of hydrogen-bond donors (Lipinski definition) is 0. The Hall–Kier alpha value is -0.830. The first-order valence-electron chi connectivity index (χ1n) is 4.94. The molecule has 0 heterocycles. The van der Waals surface area contributed by atoms with Crippen molar-refractivity contribution in [1.82, 2.24) is 0 Å². The van der Waals surface area contributed by atoms with Crippen molar-refractivity contribution in [2.24, 2.45) is 0 Å². The summed E-state index contributed by atoms with van der Waals surface area (Å²) in [7, 11) is 1.65. The molecule has 0 aliphatic rings. The van der Waals surface area contributed by atoms with Crippen LogP contribution >= 0.6 is 15.9 Å². The summed E-state index contributed by atoms with van der Waals surface area (Å²) in [5.41, 5.74) is 2.28. The lowest BCUT2D eigenvalue weighted by molar-refractivity contribution is -0.115. The number of carbonyl (C=O) groups is 1. The molecule has 1 rings (SSSR count). The Morgan fingerprint density at radius 1 is 1.40 bits per heavy atom. The second kappa shape index (κ2) is 5.91. The minimum atomic E-state index is 0.204. The van der Waals surface area contributed by atoms with Crippen LogP contribution in [0.5, 0.6) is 5.75 Å². The summed E-state index contributed by atoms with van der Waals surface area (Å²) in [4.78, 5) is 11.3. The van der Waals surface area contributed by atoms with Gasteiger partial charge in [-0.3, -0.25) is 4.79 Å². The lowest BCUT2D eigenvalue weighted by Crippen LogP contribution is -2.06. The van der Waals surface area contributed by atoms with Crippen molar-refractivity contribution in [2.75, 3.05) is 12.4 Å². The Balaban J connectivity index is 2.92. The maximum absolute atomic E-state index is 11.3. The molecule has 1 aromatic rings. The van der Waals surface area contributed by atoms with Gasteiger partial charge in [0.05, 0.1) is 12.4 Å². The quantitative estimate of drug-likeness (QED) is 0.770. The van der Waals surface area contributed by atoms with E-state index in [0.29, 0.717) is 11.8 Å². The maximum Gasteiger partial charge on any atom is 0.147 e. The Morgan fingerprint density at radius 2 is 2.13 bits per heavy atom. The van der Waals surface area contributed by atoms with E-state index in [2.05, 4.69) is 22.9 Å². The molecular formula is C12H15BrO2. The molecule has 0 N–H and O–H groups in total. The summed E-state index contributed by atoms with van der Waals surface area (Å²) in [6, 6.07) is 5.87. The largest absolute Gasteiger partial charge is 0.497 e. The minimum Gasteiger partial charge on any atom is -0.497 e. The fourth-order valence-electron chi connectivity index (χ4n) is 1.49. The monoisotopic (exact) mass is 270 g/mol. The highest BCUT2D eigenvalue weighted by Gasteiger charge is 2.07. The van der Waals surface area contributed by atoms with Gasteiger partial charge in [-0.2, -0.15) is 0 Å². The first-order valence-corrected chi connectivity index (χ1v) is 6.06. The molecule has 0 atom stereocenters. The van der Waals surface area contributed by atoms with E-state index in [1.165, 1.54) is 5.56 Å². The zero-order chi connectivity index (χ0) is 11.3. The van der Waals surface area contributed by atoms with Gasteiger partial charge in [0.1, 0.15) is 11.5 Å². The standard InChI is InChI=1S/C12H15BrO2/c1-3-9-7-12(15-2)5-4-10(9)6-11(14)8-13/h4-5,7H,3,6,8H2,1-2H3. The Kier molecular flexibility index (Phi) is 4.82. The van der Waals surface area contributed by atoms with Crippen LogP contribution in [0, 0.1) is 0 Å². The van der Waals surface area contributed by atoms with Gasteiger partial charge in [0.25, 0.3) is 0 Å². The smallest absolute Gasteiger partial charge is 0.147 e. The third kappa shape index (κ3) is 3.34. The van der Waals surface area contributed by atoms with Crippen LogP contribution < -0.4 is 4.74 Å². The highest BCUT2D eigenvalue weighted by molar-refractivity contribution is 9.09. The van der Waals surface area contributed by atoms with Gasteiger partial charge in [-0.25, -0.2) is 0 Å². The second-order valence-electron chi connectivity index (χ2n) is 3.34. The molecule has 0 saturated heterocycles. The van der Waals surface area contributed by atoms with E-state index in [9.17, 15) is 4.79 Å². The molecule has 0 spiro atoms. The lowest BCUT2D eigenvalue weighted by Gasteiger charge is -2.08. The summed E-state index contributed by atoms with van der Waals surface area (Å²) in [5.74, 6) is 1.05. The van der Waals surface area contributed by atoms with Crippen LogP contribution in [-0.4, -0.2) is 18.2 Å². The van der Waals surface area contributed by atoms with Gasteiger partial charge >= 0.3 is 0 Å². The molecule has 0 saturated carbocycles. The normalized spacial score (nSPS) is 10.1. The van der Waals surface area contributed by atoms with Crippen LogP contribution in [0.15, 0.2) is 18.2 Å². The SMILES string of the molecule is CCc1cc(OC)ccc1CC(=O)CBr. The van der Waals surface area contributed by atoms with E-state index in [0.717, 1.165) is 17.7 Å². The number of alkyl halides is 1. The van der Waals surface area contributed by atoms with E-state index in [4.69, 9.17) is 4.74 Å². The van der Waals surface area contributed by atoms with Gasteiger partial charge in [-0.1, -0.05) is 28.9 Å². The van der Waals surface area contributed by atoms with Crippen LogP contribution in [0.3, 0.4) is 0 Å². The van der Waals surface area contributed by atoms with Gasteiger partial charge in [0.15, 0.2) is 0 Å². The average Bonchev–Trinajstić information content (AvgIpc) is 2.29. The second-order valence-corrected chi connectivity index (χ2v) is 3.90. The lowest BCUT2D eigenvalue weighted by atomic mass is 10.0. The van der Waals surface area contributed by atoms with Crippen molar-refractivity contribution in [1.29, 1.82) is 0 Å². The third-order valence-electron chi connectivity index (χ3n) is 2.33. The molecular weight excluding hydrogens is 256 g/mol. The van der Waals surface area contributed by atoms with Gasteiger partial charge in [-0.05, 0) is 29.7 Å². The summed E-state index contributed by atoms with van der Waals surface area (Å²) in [6.45, 7) is 2.08. The highest BCUT2D eigenvalue weighted by Crippen LogP contribution is 2.19. The van der Waals surface area contributed by atoms with Gasteiger partial charge in [0, 0.05) is 6.42 Å². The van der Waals surface area contributed by atoms with E-state index >= 15 is 0 Å². The van der Waals surface area contributed by atoms with Crippen LogP contribution in [0.25, 0.3) is 0 Å². The van der Waals surface area contributed by atoms with Crippen molar-refractivity contribution < 1.29 is 9.53 Å². The molecule has 0 bridgehead atoms. The molecule has 0 fully saturated rings. The molecule has 0 aliphatic carbocycles. The molecule has 3 heteroatoms. The predicted octanol–water partition coefficient (Wildman–Crippen LogP) is 2.76. The van der Waals surface area contributed by atoms with Crippen LogP contribution in [-0.2, 0) is 17.6 Å². The number of rotatable bonds is 5. The summed E-state index contributed by atoms with van der Waals surface area (Å²) in [5, 5.41) is 0.419. The van der Waals surface area contributed by atoms with Gasteiger partial charge in [-0.15, -0.1) is 0 Å². The number of Topliss-reactive ketones (excluding diaryl/α,β-unsaturated/α-hetero) is 1. The summed E-state index contributed by atoms with van der Waals surface area (Å²) < 4.78 is 5.15. The van der Waals surface area contributed by atoms with Crippen molar-refractivity contribution in [3.05, 3.63) is 29.3 Å². The molecule has 0 aliphatic heterocycles. The van der Waals surface area contributed by atoms with Crippen LogP contribution in [0.1, 0.15) is 18.1 Å². The zero-order valence-corrected chi connectivity index (χ0v) is 10.6. The third-order valence-corrected chi connectivity index (χ3v) is 2.96. The Labute approximate surface area is 98.8 Å². The minimum absolute atomic E-state index is 0.204. The first kappa shape index (κ1) is 12.2. The number of halogens is 1. The number of carbonyl (C=O) groups excluding carboxylic acids is 1. The van der Waals surface area contributed by atoms with Crippen molar-refractivity contribution in [3.8, 4) is 5.75 Å². The molecule has 0 amide bonds. The van der Waals surface area contributed by atoms with Crippen molar-refractivity contribution in [3.63, 3.8) is 0 Å². The number of ether oxygens (including phenoxy) is 1. The average molecular weight is 271 g/mol. The maximum atomic E-state index is 11.3. The number of methoxy groups -OCH3 is 1. The Bertz CT molecular complexity index is 347. The van der Waals surface area contributed by atoms with Gasteiger partial charge < -0.3 is 4.74 Å². The Morgan fingerprint density at radius 3 is 2.67 bits per heavy atom. The number of aryl methyl sites for hydroxylation is 1. The summed E-state index contributed by atoms with van der Waals surface area (Å²) >= 11 is 3.17. The fraction of sp³-hybridized carbons (Fsp3) is 0.417.